The number of halogens is 2. The summed E-state index contributed by atoms with van der Waals surface area (Å²) in [5.41, 5.74) is 2.77. The second-order valence-electron chi connectivity index (χ2n) is 10.2. The number of urea groups is 2. The summed E-state index contributed by atoms with van der Waals surface area (Å²) in [5, 5.41) is 34.6. The largest absolute Gasteiger partial charge is 0.359 e. The molecule has 0 radical (unpaired) electrons. The molecule has 42 heavy (non-hydrogen) atoms. The van der Waals surface area contributed by atoms with Crippen molar-refractivity contribution in [1.29, 1.82) is 0 Å². The number of nitrogens with one attached hydrogen (secondary N) is 2. The molecule has 0 bridgehead atoms. The molecule has 1 saturated heterocycles. The number of benzene rings is 2. The van der Waals surface area contributed by atoms with Crippen molar-refractivity contribution in [3.8, 4) is 0 Å². The van der Waals surface area contributed by atoms with Gasteiger partial charge in [-0.15, -0.1) is 0 Å². The topological polar surface area (TPSA) is 171 Å². The van der Waals surface area contributed by atoms with Crippen molar-refractivity contribution in [1.82, 2.24) is 20.5 Å². The molecule has 0 saturated carbocycles. The van der Waals surface area contributed by atoms with Crippen LogP contribution >= 0.6 is 23.2 Å². The second-order valence-corrected chi connectivity index (χ2v) is 11.1. The lowest BCUT2D eigenvalue weighted by atomic mass is 9.99. The number of nitrogens with zero attached hydrogens (tertiary/aromatic N) is 6. The Bertz CT molecular complexity index is 1540. The molecule has 2 aliphatic rings. The van der Waals surface area contributed by atoms with Crippen molar-refractivity contribution in [2.24, 2.45) is 5.10 Å². The van der Waals surface area contributed by atoms with Crippen molar-refractivity contribution < 1.29 is 29.1 Å². The highest BCUT2D eigenvalue weighted by atomic mass is 35.5. The fourth-order valence-corrected chi connectivity index (χ4v) is 5.20. The molecule has 220 valence electrons. The molecule has 1 fully saturated rings. The number of hydrazone groups is 1. The van der Waals surface area contributed by atoms with Gasteiger partial charge in [-0.2, -0.15) is 10.2 Å². The molecule has 14 nitrogen and oxygen atoms in total. The van der Waals surface area contributed by atoms with Gasteiger partial charge < -0.3 is 15.4 Å². The summed E-state index contributed by atoms with van der Waals surface area (Å²) in [5.74, 6) is -0.652. The highest BCUT2D eigenvalue weighted by Crippen LogP contribution is 2.38. The predicted molar refractivity (Wildman–Crippen MR) is 151 cm³/mol. The van der Waals surface area contributed by atoms with Crippen LogP contribution in [0.5, 0.6) is 0 Å². The molecule has 5 amide bonds. The summed E-state index contributed by atoms with van der Waals surface area (Å²) in [4.78, 5) is 42.7. The highest BCUT2D eigenvalue weighted by molar-refractivity contribution is 6.31. The number of hydroxylamine groups is 2. The van der Waals surface area contributed by atoms with E-state index < -0.39 is 36.2 Å². The molecule has 2 heterocycles. The number of hydrogen-bond donors (Lipinski definition) is 3. The van der Waals surface area contributed by atoms with Crippen LogP contribution in [0.2, 0.25) is 10.0 Å². The number of amides is 5. The molecule has 1 atom stereocenters. The molecule has 1 aliphatic carbocycles. The summed E-state index contributed by atoms with van der Waals surface area (Å²) in [6.45, 7) is 2.75. The molecule has 5 rings (SSSR count). The Morgan fingerprint density at radius 2 is 1.81 bits per heavy atom. The summed E-state index contributed by atoms with van der Waals surface area (Å²) in [6, 6.07) is 10.9. The zero-order valence-corrected chi connectivity index (χ0v) is 24.0. The van der Waals surface area contributed by atoms with E-state index in [1.807, 2.05) is 0 Å². The fourth-order valence-electron chi connectivity index (χ4n) is 4.95. The third-order valence-electron chi connectivity index (χ3n) is 7.07. The fraction of sp³-hybridized carbons (Fsp3) is 0.308. The van der Waals surface area contributed by atoms with E-state index in [-0.39, 0.29) is 5.69 Å². The quantitative estimate of drug-likeness (QED) is 0.215. The number of aromatic nitrogens is 2. The van der Waals surface area contributed by atoms with Crippen molar-refractivity contribution in [3.63, 3.8) is 0 Å². The Hall–Kier alpha value is -4.40. The van der Waals surface area contributed by atoms with E-state index in [9.17, 15) is 24.8 Å². The Morgan fingerprint density at radius 3 is 2.48 bits per heavy atom. The summed E-state index contributed by atoms with van der Waals surface area (Å²) >= 11 is 12.0. The zero-order valence-electron chi connectivity index (χ0n) is 22.5. The third kappa shape index (κ3) is 5.55. The van der Waals surface area contributed by atoms with Gasteiger partial charge in [-0.25, -0.2) is 15.0 Å². The van der Waals surface area contributed by atoms with Gasteiger partial charge in [0.2, 0.25) is 5.69 Å². The molecule has 1 unspecified atom stereocenters. The third-order valence-corrected chi connectivity index (χ3v) is 7.57. The SMILES string of the molecule is CC1(C)C(N(O)C(=O)Nc2ccc(Cl)cc2)N(c2ccc(Cl)cc2)C(=O)N1CC(=O)N/N=C1/CCCc2c1no[n+]2[O-]. The van der Waals surface area contributed by atoms with Crippen LogP contribution < -0.4 is 20.5 Å². The molecule has 1 aromatic heterocycles. The summed E-state index contributed by atoms with van der Waals surface area (Å²) in [7, 11) is 0. The molecule has 3 aromatic rings. The number of carbonyl (C=O) groups excluding carboxylic acids is 3. The van der Waals surface area contributed by atoms with Crippen LogP contribution in [0.25, 0.3) is 0 Å². The van der Waals surface area contributed by atoms with E-state index in [0.717, 1.165) is 0 Å². The monoisotopic (exact) mass is 616 g/mol. The van der Waals surface area contributed by atoms with Gasteiger partial charge in [-0.3, -0.25) is 19.5 Å². The molecule has 0 spiro atoms. The van der Waals surface area contributed by atoms with Crippen molar-refractivity contribution in [2.45, 2.75) is 44.8 Å². The van der Waals surface area contributed by atoms with Crippen molar-refractivity contribution in [3.05, 3.63) is 75.2 Å². The maximum absolute atomic E-state index is 13.8. The van der Waals surface area contributed by atoms with Gasteiger partial charge in [0.05, 0.1) is 5.54 Å². The van der Waals surface area contributed by atoms with Gasteiger partial charge in [0.25, 0.3) is 11.6 Å². The van der Waals surface area contributed by atoms with Crippen LogP contribution in [-0.4, -0.2) is 62.3 Å². The number of hydrogen-bond acceptors (Lipinski definition) is 8. The van der Waals surface area contributed by atoms with Crippen LogP contribution in [0, 0.1) is 5.21 Å². The normalized spacial score (nSPS) is 18.6. The second kappa shape index (κ2) is 11.5. The number of carbonyl (C=O) groups is 3. The molecule has 1 aliphatic heterocycles. The van der Waals surface area contributed by atoms with E-state index in [2.05, 4.69) is 25.6 Å². The van der Waals surface area contributed by atoms with Crippen LogP contribution in [0.1, 0.15) is 38.1 Å². The van der Waals surface area contributed by atoms with Crippen molar-refractivity contribution in [2.75, 3.05) is 16.8 Å². The first-order valence-corrected chi connectivity index (χ1v) is 13.6. The summed E-state index contributed by atoms with van der Waals surface area (Å²) in [6.07, 6.45) is 0.269. The Labute approximate surface area is 249 Å². The van der Waals surface area contributed by atoms with E-state index in [1.54, 1.807) is 62.4 Å². The number of anilines is 2. The first-order valence-electron chi connectivity index (χ1n) is 12.8. The van der Waals surface area contributed by atoms with Crippen LogP contribution in [-0.2, 0) is 11.2 Å². The van der Waals surface area contributed by atoms with E-state index >= 15 is 0 Å². The summed E-state index contributed by atoms with van der Waals surface area (Å²) < 4.78 is 4.64. The molecular weight excluding hydrogens is 591 g/mol. The van der Waals surface area contributed by atoms with Gasteiger partial charge in [0.15, 0.2) is 6.17 Å². The number of rotatable bonds is 6. The lowest BCUT2D eigenvalue weighted by Gasteiger charge is -2.38. The van der Waals surface area contributed by atoms with Crippen LogP contribution in [0.15, 0.2) is 58.3 Å². The minimum absolute atomic E-state index is 0.269. The van der Waals surface area contributed by atoms with Gasteiger partial charge in [0.1, 0.15) is 12.3 Å². The molecule has 3 N–H and O–H groups in total. The Morgan fingerprint density at radius 1 is 1.17 bits per heavy atom. The Kier molecular flexibility index (Phi) is 7.95. The average molecular weight is 617 g/mol. The standard InChI is InChI=1S/C26H26Cl2N8O6/c1-26(2)23(35(40)24(38)29-17-10-6-15(27)7-11-17)34(18-12-8-16(28)9-13-18)25(39)33(26)14-21(37)31-30-19-4-3-5-20-22(19)32-42-36(20)41/h6-13,23,40H,3-5,14H2,1-2H3,(H,29,38)(H,31,37)/b30-19-. The maximum Gasteiger partial charge on any atom is 0.347 e. The van der Waals surface area contributed by atoms with Gasteiger partial charge in [-0.1, -0.05) is 23.2 Å². The predicted octanol–water partition coefficient (Wildman–Crippen LogP) is 3.74. The first-order chi connectivity index (χ1) is 20.0. The average Bonchev–Trinajstić information content (AvgIpc) is 3.43. The Balaban J connectivity index is 1.39. The first kappa shape index (κ1) is 29.1. The van der Waals surface area contributed by atoms with E-state index in [1.165, 1.54) is 9.80 Å². The zero-order chi connectivity index (χ0) is 30.2. The van der Waals surface area contributed by atoms with Crippen LogP contribution in [0.4, 0.5) is 21.0 Å². The molecular formula is C26H26Cl2N8O6. The van der Waals surface area contributed by atoms with Gasteiger partial charge in [0, 0.05) is 33.0 Å². The van der Waals surface area contributed by atoms with Gasteiger partial charge in [-0.05, 0) is 80.1 Å². The van der Waals surface area contributed by atoms with Gasteiger partial charge >= 0.3 is 12.1 Å². The van der Waals surface area contributed by atoms with Crippen molar-refractivity contribution >= 4 is 58.3 Å². The number of fused-ring (bicyclic) bond motifs is 1. The van der Waals surface area contributed by atoms with E-state index in [4.69, 9.17) is 23.2 Å². The smallest absolute Gasteiger partial charge is 0.347 e. The minimum Gasteiger partial charge on any atom is -0.359 e. The van der Waals surface area contributed by atoms with Crippen LogP contribution in [0.3, 0.4) is 0 Å². The lowest BCUT2D eigenvalue weighted by molar-refractivity contribution is -0.808. The molecule has 2 aromatic carbocycles. The maximum atomic E-state index is 13.8. The highest BCUT2D eigenvalue weighted by Gasteiger charge is 2.56. The molecule has 16 heteroatoms. The minimum atomic E-state index is -1.30. The lowest BCUT2D eigenvalue weighted by Crippen LogP contribution is -2.58. The van der Waals surface area contributed by atoms with E-state index in [0.29, 0.717) is 62.1 Å².